The number of nitrogens with zero attached hydrogens (tertiary/aromatic N) is 1. The Morgan fingerprint density at radius 1 is 1.20 bits per heavy atom. The second-order valence-corrected chi connectivity index (χ2v) is 9.34. The van der Waals surface area contributed by atoms with Gasteiger partial charge in [-0.25, -0.2) is 8.42 Å². The minimum atomic E-state index is -3.76. The van der Waals surface area contributed by atoms with Gasteiger partial charge in [0.15, 0.2) is 0 Å². The van der Waals surface area contributed by atoms with Crippen LogP contribution in [0.2, 0.25) is 5.02 Å². The zero-order chi connectivity index (χ0) is 18.0. The topological polar surface area (TPSA) is 66.5 Å². The molecule has 2 aromatic rings. The minimum Gasteiger partial charge on any atom is -0.349 e. The van der Waals surface area contributed by atoms with E-state index in [4.69, 9.17) is 11.6 Å². The van der Waals surface area contributed by atoms with Crippen molar-refractivity contribution in [1.29, 1.82) is 0 Å². The summed E-state index contributed by atoms with van der Waals surface area (Å²) in [6.45, 7) is 0. The molecule has 1 aliphatic carbocycles. The second-order valence-electron chi connectivity index (χ2n) is 6.02. The Balaban J connectivity index is 1.85. The normalized spacial score (nSPS) is 15.3. The van der Waals surface area contributed by atoms with E-state index < -0.39 is 10.0 Å². The van der Waals surface area contributed by atoms with Crippen LogP contribution < -0.4 is 9.62 Å². The lowest BCUT2D eigenvalue weighted by molar-refractivity contribution is 0.0942. The van der Waals surface area contributed by atoms with E-state index in [1.807, 2.05) is 0 Å². The van der Waals surface area contributed by atoms with Gasteiger partial charge in [0.1, 0.15) is 4.88 Å². The third-order valence-electron chi connectivity index (χ3n) is 4.35. The van der Waals surface area contributed by atoms with Crippen LogP contribution in [0.25, 0.3) is 0 Å². The predicted molar refractivity (Wildman–Crippen MR) is 101 cm³/mol. The van der Waals surface area contributed by atoms with Crippen LogP contribution in [-0.4, -0.2) is 27.4 Å². The van der Waals surface area contributed by atoms with Crippen molar-refractivity contribution in [2.45, 2.75) is 36.6 Å². The Kier molecular flexibility index (Phi) is 5.36. The van der Waals surface area contributed by atoms with Crippen molar-refractivity contribution in [2.75, 3.05) is 11.4 Å². The Labute approximate surface area is 156 Å². The monoisotopic (exact) mass is 398 g/mol. The third kappa shape index (κ3) is 3.83. The van der Waals surface area contributed by atoms with Crippen molar-refractivity contribution < 1.29 is 13.2 Å². The molecule has 0 bridgehead atoms. The molecular formula is C17H19ClN2O3S2. The van der Waals surface area contributed by atoms with Gasteiger partial charge in [0, 0.05) is 18.1 Å². The molecule has 5 nitrogen and oxygen atoms in total. The van der Waals surface area contributed by atoms with Crippen molar-refractivity contribution in [3.63, 3.8) is 0 Å². The summed E-state index contributed by atoms with van der Waals surface area (Å²) in [5.41, 5.74) is 0.385. The number of thiophene rings is 1. The smallest absolute Gasteiger partial charge is 0.264 e. The molecule has 0 radical (unpaired) electrons. The molecule has 0 atom stereocenters. The van der Waals surface area contributed by atoms with Crippen LogP contribution in [0.3, 0.4) is 0 Å². The lowest BCUT2D eigenvalue weighted by atomic mass is 10.2. The van der Waals surface area contributed by atoms with Crippen LogP contribution in [-0.2, 0) is 10.0 Å². The van der Waals surface area contributed by atoms with Crippen LogP contribution in [0.5, 0.6) is 0 Å². The van der Waals surface area contributed by atoms with E-state index in [9.17, 15) is 13.2 Å². The molecule has 0 saturated heterocycles. The summed E-state index contributed by atoms with van der Waals surface area (Å²) >= 11 is 7.07. The number of nitrogens with one attached hydrogen (secondary N) is 1. The quantitative estimate of drug-likeness (QED) is 0.830. The molecule has 1 heterocycles. The Hall–Kier alpha value is -1.57. The second kappa shape index (κ2) is 7.35. The Morgan fingerprint density at radius 3 is 2.48 bits per heavy atom. The first-order valence-electron chi connectivity index (χ1n) is 8.02. The fourth-order valence-electron chi connectivity index (χ4n) is 2.94. The lowest BCUT2D eigenvalue weighted by Crippen LogP contribution is -2.34. The predicted octanol–water partition coefficient (Wildman–Crippen LogP) is 3.90. The highest BCUT2D eigenvalue weighted by Crippen LogP contribution is 2.30. The standard InChI is InChI=1S/C17H19ClN2O3S2/c1-20(25(22,23)14-8-6-12(18)7-9-14)15-10-11-24-16(15)17(21)19-13-4-2-3-5-13/h6-11,13H,2-5H2,1H3,(H,19,21). The largest absolute Gasteiger partial charge is 0.349 e. The Bertz CT molecular complexity index is 856. The first-order chi connectivity index (χ1) is 11.9. The van der Waals surface area contributed by atoms with E-state index in [0.29, 0.717) is 15.6 Å². The number of hydrogen-bond donors (Lipinski definition) is 1. The molecule has 0 spiro atoms. The summed E-state index contributed by atoms with van der Waals surface area (Å²) < 4.78 is 26.8. The fourth-order valence-corrected chi connectivity index (χ4v) is 5.15. The maximum absolute atomic E-state index is 12.8. The molecule has 1 fully saturated rings. The summed E-state index contributed by atoms with van der Waals surface area (Å²) in [7, 11) is -2.30. The fraction of sp³-hybridized carbons (Fsp3) is 0.353. The Morgan fingerprint density at radius 2 is 1.84 bits per heavy atom. The van der Waals surface area contributed by atoms with Gasteiger partial charge >= 0.3 is 0 Å². The number of rotatable bonds is 5. The van der Waals surface area contributed by atoms with Gasteiger partial charge in [-0.2, -0.15) is 0 Å². The molecule has 1 aromatic heterocycles. The van der Waals surface area contributed by atoms with Crippen molar-refractivity contribution in [1.82, 2.24) is 5.32 Å². The highest BCUT2D eigenvalue weighted by Gasteiger charge is 2.27. The summed E-state index contributed by atoms with van der Waals surface area (Å²) in [6.07, 6.45) is 4.19. The summed E-state index contributed by atoms with van der Waals surface area (Å²) in [5, 5.41) is 5.20. The number of hydrogen-bond acceptors (Lipinski definition) is 4. The van der Waals surface area contributed by atoms with E-state index in [0.717, 1.165) is 30.0 Å². The number of sulfonamides is 1. The van der Waals surface area contributed by atoms with Crippen LogP contribution >= 0.6 is 22.9 Å². The van der Waals surface area contributed by atoms with Gasteiger partial charge in [0.2, 0.25) is 0 Å². The van der Waals surface area contributed by atoms with E-state index in [1.165, 1.54) is 42.6 Å². The first-order valence-corrected chi connectivity index (χ1v) is 10.7. The van der Waals surface area contributed by atoms with E-state index >= 15 is 0 Å². The molecular weight excluding hydrogens is 380 g/mol. The SMILES string of the molecule is CN(c1ccsc1C(=O)NC1CCCC1)S(=O)(=O)c1ccc(Cl)cc1. The van der Waals surface area contributed by atoms with Gasteiger partial charge in [0.05, 0.1) is 10.6 Å². The number of carbonyl (C=O) groups excluding carboxylic acids is 1. The van der Waals surface area contributed by atoms with Gasteiger partial charge in [-0.1, -0.05) is 24.4 Å². The number of anilines is 1. The van der Waals surface area contributed by atoms with E-state index in [1.54, 1.807) is 11.4 Å². The minimum absolute atomic E-state index is 0.132. The number of amides is 1. The van der Waals surface area contributed by atoms with Crippen molar-refractivity contribution in [2.24, 2.45) is 0 Å². The number of benzene rings is 1. The molecule has 134 valence electrons. The zero-order valence-corrected chi connectivity index (χ0v) is 16.1. The molecule has 1 amide bonds. The van der Waals surface area contributed by atoms with Crippen LogP contribution in [0.1, 0.15) is 35.4 Å². The van der Waals surface area contributed by atoms with Gasteiger partial charge in [-0.15, -0.1) is 11.3 Å². The van der Waals surface area contributed by atoms with Gasteiger partial charge in [0.25, 0.3) is 15.9 Å². The molecule has 0 aliphatic heterocycles. The zero-order valence-electron chi connectivity index (χ0n) is 13.7. The summed E-state index contributed by atoms with van der Waals surface area (Å²) in [5.74, 6) is -0.213. The molecule has 0 unspecified atom stereocenters. The van der Waals surface area contributed by atoms with Crippen molar-refractivity contribution >= 4 is 44.6 Å². The van der Waals surface area contributed by atoms with Crippen molar-refractivity contribution in [3.8, 4) is 0 Å². The lowest BCUT2D eigenvalue weighted by Gasteiger charge is -2.20. The average molecular weight is 399 g/mol. The van der Waals surface area contributed by atoms with Crippen LogP contribution in [0.4, 0.5) is 5.69 Å². The van der Waals surface area contributed by atoms with E-state index in [-0.39, 0.29) is 16.8 Å². The third-order valence-corrected chi connectivity index (χ3v) is 7.29. The molecule has 3 rings (SSSR count). The van der Waals surface area contributed by atoms with Gasteiger partial charge in [-0.3, -0.25) is 9.10 Å². The van der Waals surface area contributed by atoms with Crippen LogP contribution in [0, 0.1) is 0 Å². The molecule has 25 heavy (non-hydrogen) atoms. The maximum Gasteiger partial charge on any atom is 0.264 e. The van der Waals surface area contributed by atoms with Gasteiger partial charge < -0.3 is 5.32 Å². The van der Waals surface area contributed by atoms with Crippen molar-refractivity contribution in [3.05, 3.63) is 45.6 Å². The molecule has 1 N–H and O–H groups in total. The first kappa shape index (κ1) is 18.2. The maximum atomic E-state index is 12.8. The molecule has 1 aromatic carbocycles. The molecule has 8 heteroatoms. The summed E-state index contributed by atoms with van der Waals surface area (Å²) in [6, 6.07) is 7.81. The highest BCUT2D eigenvalue weighted by molar-refractivity contribution is 7.92. The number of carbonyl (C=O) groups is 1. The van der Waals surface area contributed by atoms with Gasteiger partial charge in [-0.05, 0) is 48.6 Å². The average Bonchev–Trinajstić information content (AvgIpc) is 3.25. The van der Waals surface area contributed by atoms with E-state index in [2.05, 4.69) is 5.32 Å². The summed E-state index contributed by atoms with van der Waals surface area (Å²) in [4.78, 5) is 13.1. The number of halogens is 1. The van der Waals surface area contributed by atoms with Crippen LogP contribution in [0.15, 0.2) is 40.6 Å². The molecule has 1 saturated carbocycles. The highest BCUT2D eigenvalue weighted by atomic mass is 35.5. The molecule has 1 aliphatic rings.